The summed E-state index contributed by atoms with van der Waals surface area (Å²) in [5, 5.41) is 2.44. The van der Waals surface area contributed by atoms with E-state index in [2.05, 4.69) is 23.7 Å². The van der Waals surface area contributed by atoms with Crippen molar-refractivity contribution in [1.82, 2.24) is 4.98 Å². The number of halogens is 1. The number of nitrogens with two attached hydrogens (primary N) is 1. The second-order valence-electron chi connectivity index (χ2n) is 6.10. The molecule has 26 heavy (non-hydrogen) atoms. The lowest BCUT2D eigenvalue weighted by Gasteiger charge is -2.04. The fourth-order valence-electron chi connectivity index (χ4n) is 2.69. The molecular formula is C22H19ClN2O. The number of anilines is 1. The Morgan fingerprint density at radius 1 is 1.15 bits per heavy atom. The second kappa shape index (κ2) is 8.03. The van der Waals surface area contributed by atoms with Crippen molar-refractivity contribution in [2.24, 2.45) is 0 Å². The predicted octanol–water partition coefficient (Wildman–Crippen LogP) is 5.24. The van der Waals surface area contributed by atoms with Crippen LogP contribution in [0.3, 0.4) is 0 Å². The van der Waals surface area contributed by atoms with E-state index in [1.165, 1.54) is 0 Å². The summed E-state index contributed by atoms with van der Waals surface area (Å²) in [6.07, 6.45) is 4.22. The van der Waals surface area contributed by atoms with Gasteiger partial charge in [0.15, 0.2) is 5.78 Å². The molecule has 0 saturated carbocycles. The van der Waals surface area contributed by atoms with Gasteiger partial charge in [0.1, 0.15) is 5.82 Å². The van der Waals surface area contributed by atoms with Gasteiger partial charge in [0.05, 0.1) is 5.56 Å². The van der Waals surface area contributed by atoms with E-state index in [9.17, 15) is 4.79 Å². The number of unbranched alkanes of at least 4 members (excludes halogenated alkanes) is 1. The Morgan fingerprint density at radius 3 is 2.65 bits per heavy atom. The number of aromatic nitrogens is 1. The van der Waals surface area contributed by atoms with Crippen LogP contribution in [0.5, 0.6) is 0 Å². The number of hydrogen-bond donors (Lipinski definition) is 1. The van der Waals surface area contributed by atoms with Crippen molar-refractivity contribution in [3.63, 3.8) is 0 Å². The number of rotatable bonds is 4. The normalized spacial score (nSPS) is 10.4. The molecule has 0 aliphatic carbocycles. The number of nitrogens with zero attached hydrogens (tertiary/aromatic N) is 1. The number of benzene rings is 2. The van der Waals surface area contributed by atoms with Crippen molar-refractivity contribution in [3.8, 4) is 11.8 Å². The number of hydrogen-bond acceptors (Lipinski definition) is 3. The van der Waals surface area contributed by atoms with Crippen molar-refractivity contribution in [2.45, 2.75) is 26.2 Å². The summed E-state index contributed by atoms with van der Waals surface area (Å²) >= 11 is 6.10. The predicted molar refractivity (Wildman–Crippen MR) is 107 cm³/mol. The number of nitrogen functional groups attached to an aromatic ring is 1. The van der Waals surface area contributed by atoms with Crippen LogP contribution in [0, 0.1) is 11.8 Å². The first-order chi connectivity index (χ1) is 12.6. The SMILES string of the molecule is CCCCC(=O)c1ccc(C#Cc2c(N)ncc3ccc(Cl)cc23)cc1. The Kier molecular flexibility index (Phi) is 5.55. The third-order valence-electron chi connectivity index (χ3n) is 4.18. The van der Waals surface area contributed by atoms with Gasteiger partial charge < -0.3 is 5.73 Å². The lowest BCUT2D eigenvalue weighted by molar-refractivity contribution is 0.0980. The first-order valence-electron chi connectivity index (χ1n) is 8.57. The third kappa shape index (κ3) is 4.04. The fourth-order valence-corrected chi connectivity index (χ4v) is 2.86. The molecule has 0 aliphatic rings. The molecule has 0 bridgehead atoms. The zero-order valence-electron chi connectivity index (χ0n) is 14.6. The van der Waals surface area contributed by atoms with Crippen LogP contribution in [0.4, 0.5) is 5.82 Å². The summed E-state index contributed by atoms with van der Waals surface area (Å²) in [6, 6.07) is 12.9. The topological polar surface area (TPSA) is 56.0 Å². The first-order valence-corrected chi connectivity index (χ1v) is 8.95. The maximum atomic E-state index is 12.0. The Bertz CT molecular complexity index is 1010. The van der Waals surface area contributed by atoms with Gasteiger partial charge in [-0.25, -0.2) is 4.98 Å². The summed E-state index contributed by atoms with van der Waals surface area (Å²) in [7, 11) is 0. The van der Waals surface area contributed by atoms with E-state index >= 15 is 0 Å². The van der Waals surface area contributed by atoms with Crippen molar-refractivity contribution in [2.75, 3.05) is 5.73 Å². The maximum Gasteiger partial charge on any atom is 0.162 e. The molecule has 2 N–H and O–H groups in total. The first kappa shape index (κ1) is 18.0. The smallest absolute Gasteiger partial charge is 0.162 e. The van der Waals surface area contributed by atoms with E-state index in [0.29, 0.717) is 22.8 Å². The Labute approximate surface area is 158 Å². The molecule has 0 spiro atoms. The van der Waals surface area contributed by atoms with Crippen molar-refractivity contribution >= 4 is 34.0 Å². The quantitative estimate of drug-likeness (QED) is 0.509. The summed E-state index contributed by atoms with van der Waals surface area (Å²) < 4.78 is 0. The standard InChI is InChI=1S/C22H19ClN2O/c1-2-3-4-21(26)16-8-5-15(6-9-16)7-12-19-20-13-18(23)11-10-17(20)14-25-22(19)24/h5-6,8-11,13-14H,2-4H2,1H3,(H2,24,25). The molecule has 3 rings (SSSR count). The number of fused-ring (bicyclic) bond motifs is 1. The van der Waals surface area contributed by atoms with E-state index in [1.54, 1.807) is 6.20 Å². The number of Topliss-reactive ketones (excluding diaryl/α,β-unsaturated/α-hetero) is 1. The van der Waals surface area contributed by atoms with E-state index < -0.39 is 0 Å². The third-order valence-corrected chi connectivity index (χ3v) is 4.41. The highest BCUT2D eigenvalue weighted by Gasteiger charge is 2.06. The van der Waals surface area contributed by atoms with Crippen LogP contribution in [0.2, 0.25) is 5.02 Å². The molecule has 3 nitrogen and oxygen atoms in total. The van der Waals surface area contributed by atoms with E-state index in [1.807, 2.05) is 42.5 Å². The van der Waals surface area contributed by atoms with Crippen LogP contribution in [0.15, 0.2) is 48.7 Å². The molecule has 0 atom stereocenters. The van der Waals surface area contributed by atoms with Crippen LogP contribution in [-0.2, 0) is 0 Å². The lowest BCUT2D eigenvalue weighted by atomic mass is 10.0. The molecule has 0 saturated heterocycles. The zero-order chi connectivity index (χ0) is 18.5. The van der Waals surface area contributed by atoms with Crippen LogP contribution >= 0.6 is 11.6 Å². The molecule has 0 radical (unpaired) electrons. The van der Waals surface area contributed by atoms with Crippen LogP contribution in [-0.4, -0.2) is 10.8 Å². The van der Waals surface area contributed by atoms with Gasteiger partial charge in [-0.1, -0.05) is 55.0 Å². The van der Waals surface area contributed by atoms with Gasteiger partial charge in [0.25, 0.3) is 0 Å². The number of pyridine rings is 1. The van der Waals surface area contributed by atoms with Crippen LogP contribution in [0.25, 0.3) is 10.8 Å². The molecule has 1 aromatic heterocycles. The second-order valence-corrected chi connectivity index (χ2v) is 6.54. The molecular weight excluding hydrogens is 344 g/mol. The van der Waals surface area contributed by atoms with Gasteiger partial charge in [-0.15, -0.1) is 0 Å². The van der Waals surface area contributed by atoms with Crippen molar-refractivity contribution in [3.05, 3.63) is 70.4 Å². The molecule has 2 aromatic carbocycles. The Balaban J connectivity index is 1.90. The highest BCUT2D eigenvalue weighted by Crippen LogP contribution is 2.24. The minimum atomic E-state index is 0.170. The fraction of sp³-hybridized carbons (Fsp3) is 0.182. The maximum absolute atomic E-state index is 12.0. The molecule has 0 fully saturated rings. The van der Waals surface area contributed by atoms with Gasteiger partial charge >= 0.3 is 0 Å². The largest absolute Gasteiger partial charge is 0.383 e. The molecule has 130 valence electrons. The van der Waals surface area contributed by atoms with Gasteiger partial charge in [-0.3, -0.25) is 4.79 Å². The Hall–Kier alpha value is -2.83. The number of carbonyl (C=O) groups is 1. The number of ketones is 1. The molecule has 3 aromatic rings. The number of carbonyl (C=O) groups excluding carboxylic acids is 1. The minimum absolute atomic E-state index is 0.170. The molecule has 1 heterocycles. The molecule has 0 unspecified atom stereocenters. The zero-order valence-corrected chi connectivity index (χ0v) is 15.3. The van der Waals surface area contributed by atoms with Crippen LogP contribution < -0.4 is 5.73 Å². The van der Waals surface area contributed by atoms with Gasteiger partial charge in [-0.05, 0) is 30.7 Å². The molecule has 4 heteroatoms. The minimum Gasteiger partial charge on any atom is -0.383 e. The molecule has 0 amide bonds. The monoisotopic (exact) mass is 362 g/mol. The summed E-state index contributed by atoms with van der Waals surface area (Å²) in [5.41, 5.74) is 8.21. The van der Waals surface area contributed by atoms with Crippen LogP contribution in [0.1, 0.15) is 47.7 Å². The average Bonchev–Trinajstić information content (AvgIpc) is 2.65. The highest BCUT2D eigenvalue weighted by molar-refractivity contribution is 6.31. The summed E-state index contributed by atoms with van der Waals surface area (Å²) in [5.74, 6) is 6.74. The van der Waals surface area contributed by atoms with Gasteiger partial charge in [0, 0.05) is 39.5 Å². The average molecular weight is 363 g/mol. The van der Waals surface area contributed by atoms with Crippen molar-refractivity contribution < 1.29 is 4.79 Å². The summed E-state index contributed by atoms with van der Waals surface area (Å²) in [6.45, 7) is 2.08. The molecule has 0 aliphatic heterocycles. The Morgan fingerprint density at radius 2 is 1.92 bits per heavy atom. The summed E-state index contributed by atoms with van der Waals surface area (Å²) in [4.78, 5) is 16.2. The lowest BCUT2D eigenvalue weighted by Crippen LogP contribution is -1.98. The van der Waals surface area contributed by atoms with E-state index in [-0.39, 0.29) is 5.78 Å². The van der Waals surface area contributed by atoms with Crippen molar-refractivity contribution in [1.29, 1.82) is 0 Å². The van der Waals surface area contributed by atoms with E-state index in [4.69, 9.17) is 17.3 Å². The van der Waals surface area contributed by atoms with Gasteiger partial charge in [0.2, 0.25) is 0 Å². The van der Waals surface area contributed by atoms with Gasteiger partial charge in [-0.2, -0.15) is 0 Å². The van der Waals surface area contributed by atoms with E-state index in [0.717, 1.165) is 34.7 Å². The highest BCUT2D eigenvalue weighted by atomic mass is 35.5.